The van der Waals surface area contributed by atoms with E-state index in [4.69, 9.17) is 0 Å². The van der Waals surface area contributed by atoms with Crippen molar-refractivity contribution in [1.82, 2.24) is 9.80 Å². The van der Waals surface area contributed by atoms with Gasteiger partial charge in [0, 0.05) is 31.9 Å². The molecular weight excluding hydrogens is 298 g/mol. The molecule has 0 aliphatic carbocycles. The van der Waals surface area contributed by atoms with Crippen LogP contribution in [0, 0.1) is 0 Å². The Morgan fingerprint density at radius 1 is 0.958 bits per heavy atom. The molecule has 24 heavy (non-hydrogen) atoms. The summed E-state index contributed by atoms with van der Waals surface area (Å²) in [5.41, 5.74) is 3.31. The van der Waals surface area contributed by atoms with Crippen LogP contribution in [0.4, 0.5) is 5.69 Å². The summed E-state index contributed by atoms with van der Waals surface area (Å²) in [5.74, 6) is 0.0695. The first kappa shape index (κ1) is 16.7. The van der Waals surface area contributed by atoms with Crippen LogP contribution in [-0.2, 0) is 11.2 Å². The summed E-state index contributed by atoms with van der Waals surface area (Å²) < 4.78 is 0. The zero-order chi connectivity index (χ0) is 16.8. The topological polar surface area (TPSA) is 35.6 Å². The molecule has 4 nitrogen and oxygen atoms in total. The predicted molar refractivity (Wildman–Crippen MR) is 98.3 cm³/mol. The Morgan fingerprint density at radius 3 is 2.38 bits per heavy atom. The summed E-state index contributed by atoms with van der Waals surface area (Å²) >= 11 is 0. The lowest BCUT2D eigenvalue weighted by Crippen LogP contribution is -2.47. The smallest absolute Gasteiger partial charge is 0.238 e. The van der Waals surface area contributed by atoms with E-state index in [2.05, 4.69) is 40.4 Å². The van der Waals surface area contributed by atoms with E-state index in [-0.39, 0.29) is 5.91 Å². The Balaban J connectivity index is 1.61. The van der Waals surface area contributed by atoms with Crippen LogP contribution in [0.15, 0.2) is 54.6 Å². The molecule has 1 aliphatic rings. The van der Waals surface area contributed by atoms with Gasteiger partial charge in [0.05, 0.1) is 6.54 Å². The van der Waals surface area contributed by atoms with Gasteiger partial charge in [0.25, 0.3) is 0 Å². The van der Waals surface area contributed by atoms with Crippen molar-refractivity contribution in [3.63, 3.8) is 0 Å². The molecular formula is C20H25N3O. The number of hydrogen-bond acceptors (Lipinski definition) is 3. The van der Waals surface area contributed by atoms with Crippen molar-refractivity contribution in [2.75, 3.05) is 45.1 Å². The fraction of sp³-hybridized carbons (Fsp3) is 0.350. The molecule has 0 aromatic heterocycles. The minimum Gasteiger partial charge on any atom is -0.325 e. The number of nitrogens with one attached hydrogen (secondary N) is 1. The zero-order valence-corrected chi connectivity index (χ0v) is 14.2. The highest BCUT2D eigenvalue weighted by Gasteiger charge is 2.17. The number of hydrogen-bond donors (Lipinski definition) is 1. The van der Waals surface area contributed by atoms with Crippen molar-refractivity contribution < 1.29 is 4.79 Å². The number of likely N-dealkylation sites (N-methyl/N-ethyl adjacent to an activating group) is 1. The number of anilines is 1. The standard InChI is InChI=1S/C20H25N3O/c1-22-11-13-23(14-12-22)16-20(24)21-19-10-6-5-9-18(19)15-17-7-3-2-4-8-17/h2-10H,11-16H2,1H3,(H,21,24). The van der Waals surface area contributed by atoms with Gasteiger partial charge in [-0.3, -0.25) is 9.69 Å². The maximum Gasteiger partial charge on any atom is 0.238 e. The minimum atomic E-state index is 0.0695. The van der Waals surface area contributed by atoms with Crippen molar-refractivity contribution >= 4 is 11.6 Å². The van der Waals surface area contributed by atoms with Gasteiger partial charge < -0.3 is 10.2 Å². The zero-order valence-electron chi connectivity index (χ0n) is 14.2. The first-order valence-electron chi connectivity index (χ1n) is 8.53. The van der Waals surface area contributed by atoms with E-state index >= 15 is 0 Å². The van der Waals surface area contributed by atoms with Crippen molar-refractivity contribution in [2.24, 2.45) is 0 Å². The molecule has 0 spiro atoms. The number of amides is 1. The normalized spacial score (nSPS) is 16.0. The van der Waals surface area contributed by atoms with Crippen LogP contribution >= 0.6 is 0 Å². The van der Waals surface area contributed by atoms with Gasteiger partial charge in [-0.1, -0.05) is 48.5 Å². The lowest BCUT2D eigenvalue weighted by Gasteiger charge is -2.31. The molecule has 0 atom stereocenters. The van der Waals surface area contributed by atoms with E-state index in [0.717, 1.165) is 43.9 Å². The lowest BCUT2D eigenvalue weighted by molar-refractivity contribution is -0.117. The van der Waals surface area contributed by atoms with E-state index in [1.807, 2.05) is 36.4 Å². The summed E-state index contributed by atoms with van der Waals surface area (Å²) in [5, 5.41) is 3.10. The van der Waals surface area contributed by atoms with Gasteiger partial charge in [-0.15, -0.1) is 0 Å². The molecule has 3 rings (SSSR count). The fourth-order valence-electron chi connectivity index (χ4n) is 3.01. The molecule has 1 aliphatic heterocycles. The first-order chi connectivity index (χ1) is 11.7. The molecule has 0 radical (unpaired) electrons. The van der Waals surface area contributed by atoms with Crippen molar-refractivity contribution in [2.45, 2.75) is 6.42 Å². The maximum absolute atomic E-state index is 12.4. The molecule has 4 heteroatoms. The Morgan fingerprint density at radius 2 is 1.62 bits per heavy atom. The van der Waals surface area contributed by atoms with Gasteiger partial charge in [-0.2, -0.15) is 0 Å². The Hall–Kier alpha value is -2.17. The van der Waals surface area contributed by atoms with Crippen LogP contribution in [0.3, 0.4) is 0 Å². The summed E-state index contributed by atoms with van der Waals surface area (Å²) in [4.78, 5) is 16.9. The summed E-state index contributed by atoms with van der Waals surface area (Å²) in [6, 6.07) is 18.4. The highest BCUT2D eigenvalue weighted by atomic mass is 16.2. The van der Waals surface area contributed by atoms with Gasteiger partial charge >= 0.3 is 0 Å². The van der Waals surface area contributed by atoms with Gasteiger partial charge in [-0.05, 0) is 30.7 Å². The monoisotopic (exact) mass is 323 g/mol. The Bertz CT molecular complexity index is 664. The van der Waals surface area contributed by atoms with Crippen molar-refractivity contribution in [3.8, 4) is 0 Å². The van der Waals surface area contributed by atoms with Crippen LogP contribution in [0.1, 0.15) is 11.1 Å². The minimum absolute atomic E-state index is 0.0695. The van der Waals surface area contributed by atoms with E-state index in [0.29, 0.717) is 6.54 Å². The molecule has 1 saturated heterocycles. The molecule has 1 fully saturated rings. The van der Waals surface area contributed by atoms with E-state index < -0.39 is 0 Å². The summed E-state index contributed by atoms with van der Waals surface area (Å²) in [7, 11) is 2.12. The lowest BCUT2D eigenvalue weighted by atomic mass is 10.0. The number of nitrogens with zero attached hydrogens (tertiary/aromatic N) is 2. The first-order valence-corrected chi connectivity index (χ1v) is 8.53. The number of rotatable bonds is 5. The highest BCUT2D eigenvalue weighted by molar-refractivity contribution is 5.93. The number of carbonyl (C=O) groups is 1. The largest absolute Gasteiger partial charge is 0.325 e. The van der Waals surface area contributed by atoms with Crippen molar-refractivity contribution in [1.29, 1.82) is 0 Å². The van der Waals surface area contributed by atoms with Crippen LogP contribution < -0.4 is 5.32 Å². The van der Waals surface area contributed by atoms with Crippen LogP contribution in [0.5, 0.6) is 0 Å². The van der Waals surface area contributed by atoms with Gasteiger partial charge in [0.15, 0.2) is 0 Å². The average Bonchev–Trinajstić information content (AvgIpc) is 2.60. The van der Waals surface area contributed by atoms with E-state index in [1.54, 1.807) is 0 Å². The third-order valence-corrected chi connectivity index (χ3v) is 4.49. The molecule has 0 saturated carbocycles. The number of carbonyl (C=O) groups excluding carboxylic acids is 1. The summed E-state index contributed by atoms with van der Waals surface area (Å²) in [6.45, 7) is 4.43. The second-order valence-corrected chi connectivity index (χ2v) is 6.45. The van der Waals surface area contributed by atoms with Crippen LogP contribution in [-0.4, -0.2) is 55.5 Å². The number of benzene rings is 2. The summed E-state index contributed by atoms with van der Waals surface area (Å²) in [6.07, 6.45) is 0.825. The second-order valence-electron chi connectivity index (χ2n) is 6.45. The van der Waals surface area contributed by atoms with Crippen LogP contribution in [0.25, 0.3) is 0 Å². The van der Waals surface area contributed by atoms with Gasteiger partial charge in [0.2, 0.25) is 5.91 Å². The quantitative estimate of drug-likeness (QED) is 0.918. The molecule has 1 heterocycles. The third-order valence-electron chi connectivity index (χ3n) is 4.49. The SMILES string of the molecule is CN1CCN(CC(=O)Nc2ccccc2Cc2ccccc2)CC1. The highest BCUT2D eigenvalue weighted by Crippen LogP contribution is 2.19. The van der Waals surface area contributed by atoms with Gasteiger partial charge in [0.1, 0.15) is 0 Å². The fourth-order valence-corrected chi connectivity index (χ4v) is 3.01. The Labute approximate surface area is 144 Å². The van der Waals surface area contributed by atoms with E-state index in [1.165, 1.54) is 5.56 Å². The molecule has 126 valence electrons. The number of piperazine rings is 1. The molecule has 2 aromatic rings. The molecule has 0 unspecified atom stereocenters. The molecule has 1 N–H and O–H groups in total. The third kappa shape index (κ3) is 4.66. The molecule has 2 aromatic carbocycles. The van der Waals surface area contributed by atoms with Crippen LogP contribution in [0.2, 0.25) is 0 Å². The van der Waals surface area contributed by atoms with E-state index in [9.17, 15) is 4.79 Å². The number of para-hydroxylation sites is 1. The molecule has 0 bridgehead atoms. The second kappa shape index (κ2) is 8.08. The van der Waals surface area contributed by atoms with Crippen molar-refractivity contribution in [3.05, 3.63) is 65.7 Å². The predicted octanol–water partition coefficient (Wildman–Crippen LogP) is 2.46. The Kier molecular flexibility index (Phi) is 5.62. The maximum atomic E-state index is 12.4. The average molecular weight is 323 g/mol. The molecule has 1 amide bonds. The van der Waals surface area contributed by atoms with Gasteiger partial charge in [-0.25, -0.2) is 0 Å².